The number of nitrogens with one attached hydrogen (secondary N) is 1. The quantitative estimate of drug-likeness (QED) is 0.613. The van der Waals surface area contributed by atoms with Crippen LogP contribution in [0.4, 0.5) is 5.82 Å². The number of aromatic nitrogens is 2. The number of carbonyl (C=O) groups excluding carboxylic acids is 1. The smallest absolute Gasteiger partial charge is 0.267 e. The summed E-state index contributed by atoms with van der Waals surface area (Å²) in [5.74, 6) is 0.0705. The van der Waals surface area contributed by atoms with Crippen LogP contribution in [-0.4, -0.2) is 49.8 Å². The second-order valence-corrected chi connectivity index (χ2v) is 7.18. The van der Waals surface area contributed by atoms with E-state index in [2.05, 4.69) is 10.3 Å². The lowest BCUT2D eigenvalue weighted by molar-refractivity contribution is -0.121. The molecular weight excluding hydrogens is 360 g/mol. The van der Waals surface area contributed by atoms with E-state index in [9.17, 15) is 9.59 Å². The van der Waals surface area contributed by atoms with E-state index in [4.69, 9.17) is 17.3 Å². The van der Waals surface area contributed by atoms with E-state index in [1.54, 1.807) is 19.3 Å². The Hall–Kier alpha value is -2.23. The van der Waals surface area contributed by atoms with E-state index in [0.717, 1.165) is 17.3 Å². The van der Waals surface area contributed by atoms with E-state index in [1.165, 1.54) is 15.4 Å². The molecule has 130 valence electrons. The Bertz CT molecular complexity index is 968. The molecule has 0 unspecified atom stereocenters. The van der Waals surface area contributed by atoms with Gasteiger partial charge < -0.3 is 10.4 Å². The molecule has 0 saturated carbocycles. The van der Waals surface area contributed by atoms with Crippen LogP contribution in [0.1, 0.15) is 11.1 Å². The van der Waals surface area contributed by atoms with Gasteiger partial charge in [0, 0.05) is 19.8 Å². The fourth-order valence-electron chi connectivity index (χ4n) is 2.37. The molecular formula is C16H16N4O3S2. The molecule has 0 radical (unpaired) electrons. The summed E-state index contributed by atoms with van der Waals surface area (Å²) < 4.78 is 1.88. The number of anilines is 1. The molecule has 0 spiro atoms. The van der Waals surface area contributed by atoms with Crippen LogP contribution in [0, 0.1) is 6.92 Å². The van der Waals surface area contributed by atoms with Crippen molar-refractivity contribution in [2.24, 2.45) is 0 Å². The Kier molecular flexibility index (Phi) is 4.89. The van der Waals surface area contributed by atoms with Gasteiger partial charge in [-0.15, -0.1) is 0 Å². The lowest BCUT2D eigenvalue weighted by Crippen LogP contribution is -2.23. The number of aliphatic hydroxyl groups excluding tert-OH is 1. The summed E-state index contributed by atoms with van der Waals surface area (Å²) in [6, 6.07) is 3.61. The molecule has 25 heavy (non-hydrogen) atoms. The number of rotatable bonds is 4. The normalized spacial score (nSPS) is 16.3. The molecule has 1 amide bonds. The van der Waals surface area contributed by atoms with Crippen molar-refractivity contribution in [1.82, 2.24) is 14.3 Å². The molecule has 2 aromatic rings. The molecule has 1 saturated heterocycles. The van der Waals surface area contributed by atoms with E-state index in [0.29, 0.717) is 20.7 Å². The zero-order valence-electron chi connectivity index (χ0n) is 13.6. The van der Waals surface area contributed by atoms with Gasteiger partial charge in [-0.2, -0.15) is 0 Å². The minimum atomic E-state index is -0.296. The fourth-order valence-corrected chi connectivity index (χ4v) is 3.54. The highest BCUT2D eigenvalue weighted by Crippen LogP contribution is 2.31. The largest absolute Gasteiger partial charge is 0.395 e. The molecule has 0 aliphatic carbocycles. The zero-order chi connectivity index (χ0) is 18.1. The van der Waals surface area contributed by atoms with Gasteiger partial charge in [0.25, 0.3) is 11.5 Å². The summed E-state index contributed by atoms with van der Waals surface area (Å²) in [5, 5.41) is 12.0. The minimum Gasteiger partial charge on any atom is -0.395 e. The van der Waals surface area contributed by atoms with Crippen molar-refractivity contribution in [3.05, 3.63) is 44.7 Å². The monoisotopic (exact) mass is 376 g/mol. The maximum absolute atomic E-state index is 12.9. The summed E-state index contributed by atoms with van der Waals surface area (Å²) in [4.78, 5) is 31.3. The standard InChI is InChI=1S/C16H16N4O3S2/c1-9-3-4-12-18-13(17-5-6-21)10(14(22)20(12)8-9)7-11-15(23)19(2)16(24)25-11/h3-4,7-8,17,21H,5-6H2,1-2H3/b11-7+. The van der Waals surface area contributed by atoms with Crippen molar-refractivity contribution >= 4 is 51.7 Å². The van der Waals surface area contributed by atoms with Gasteiger partial charge in [0.2, 0.25) is 0 Å². The molecule has 2 aromatic heterocycles. The van der Waals surface area contributed by atoms with Crippen LogP contribution in [-0.2, 0) is 4.79 Å². The highest BCUT2D eigenvalue weighted by Gasteiger charge is 2.29. The van der Waals surface area contributed by atoms with Crippen molar-refractivity contribution in [3.63, 3.8) is 0 Å². The maximum Gasteiger partial charge on any atom is 0.267 e. The average Bonchev–Trinajstić information content (AvgIpc) is 2.83. The number of pyridine rings is 1. The number of thioether (sulfide) groups is 1. The lowest BCUT2D eigenvalue weighted by atomic mass is 10.2. The van der Waals surface area contributed by atoms with E-state index < -0.39 is 0 Å². The number of amides is 1. The lowest BCUT2D eigenvalue weighted by Gasteiger charge is -2.10. The molecule has 3 rings (SSSR count). The van der Waals surface area contributed by atoms with Gasteiger partial charge in [0.1, 0.15) is 15.8 Å². The molecule has 1 aliphatic rings. The van der Waals surface area contributed by atoms with Gasteiger partial charge in [0.05, 0.1) is 17.1 Å². The first-order valence-corrected chi connectivity index (χ1v) is 8.74. The Balaban J connectivity index is 2.21. The Morgan fingerprint density at radius 1 is 1.40 bits per heavy atom. The number of likely N-dealkylation sites (N-methyl/N-ethyl adjacent to an activating group) is 1. The summed E-state index contributed by atoms with van der Waals surface area (Å²) in [6.45, 7) is 2.02. The van der Waals surface area contributed by atoms with Crippen LogP contribution in [0.3, 0.4) is 0 Å². The zero-order valence-corrected chi connectivity index (χ0v) is 15.3. The maximum atomic E-state index is 12.9. The first kappa shape index (κ1) is 17.6. The summed E-state index contributed by atoms with van der Waals surface area (Å²) in [5.41, 5.74) is 1.36. The molecule has 1 fully saturated rings. The third-order valence-corrected chi connectivity index (χ3v) is 5.16. The molecule has 0 bridgehead atoms. The van der Waals surface area contributed by atoms with Crippen LogP contribution in [0.2, 0.25) is 0 Å². The summed E-state index contributed by atoms with van der Waals surface area (Å²) >= 11 is 6.26. The van der Waals surface area contributed by atoms with Crippen molar-refractivity contribution < 1.29 is 9.90 Å². The Labute approximate surface area is 153 Å². The van der Waals surface area contributed by atoms with Gasteiger partial charge in [0.15, 0.2) is 0 Å². The molecule has 2 N–H and O–H groups in total. The topological polar surface area (TPSA) is 86.9 Å². The number of fused-ring (bicyclic) bond motifs is 1. The molecule has 0 aromatic carbocycles. The second-order valence-electron chi connectivity index (χ2n) is 5.50. The molecule has 0 atom stereocenters. The van der Waals surface area contributed by atoms with Crippen LogP contribution >= 0.6 is 24.0 Å². The van der Waals surface area contributed by atoms with Gasteiger partial charge in [-0.05, 0) is 24.6 Å². The number of aryl methyl sites for hydroxylation is 1. The summed E-state index contributed by atoms with van der Waals surface area (Å²) in [6.07, 6.45) is 3.20. The highest BCUT2D eigenvalue weighted by atomic mass is 32.2. The predicted molar refractivity (Wildman–Crippen MR) is 103 cm³/mol. The van der Waals surface area contributed by atoms with Crippen LogP contribution in [0.5, 0.6) is 0 Å². The number of hydrogen-bond acceptors (Lipinski definition) is 7. The van der Waals surface area contributed by atoms with Crippen LogP contribution in [0.25, 0.3) is 11.7 Å². The molecule has 3 heterocycles. The number of hydrogen-bond donors (Lipinski definition) is 2. The number of carbonyl (C=O) groups is 1. The van der Waals surface area contributed by atoms with Crippen molar-refractivity contribution in [3.8, 4) is 0 Å². The molecule has 7 nitrogen and oxygen atoms in total. The minimum absolute atomic E-state index is 0.106. The van der Waals surface area contributed by atoms with Crippen LogP contribution in [0.15, 0.2) is 28.0 Å². The summed E-state index contributed by atoms with van der Waals surface area (Å²) in [7, 11) is 1.60. The van der Waals surface area contributed by atoms with Crippen molar-refractivity contribution in [2.45, 2.75) is 6.92 Å². The van der Waals surface area contributed by atoms with Gasteiger partial charge in [-0.3, -0.25) is 18.9 Å². The Morgan fingerprint density at radius 3 is 2.80 bits per heavy atom. The third-order valence-electron chi connectivity index (χ3n) is 3.67. The first-order chi connectivity index (χ1) is 11.9. The van der Waals surface area contributed by atoms with E-state index >= 15 is 0 Å². The second kappa shape index (κ2) is 6.95. The Morgan fingerprint density at radius 2 is 2.16 bits per heavy atom. The fraction of sp³-hybridized carbons (Fsp3) is 0.250. The molecule has 9 heteroatoms. The predicted octanol–water partition coefficient (Wildman–Crippen LogP) is 1.24. The van der Waals surface area contributed by atoms with Gasteiger partial charge in [-0.25, -0.2) is 4.98 Å². The number of aliphatic hydroxyl groups is 1. The first-order valence-electron chi connectivity index (χ1n) is 7.51. The van der Waals surface area contributed by atoms with Crippen molar-refractivity contribution in [2.75, 3.05) is 25.5 Å². The van der Waals surface area contributed by atoms with Gasteiger partial charge >= 0.3 is 0 Å². The van der Waals surface area contributed by atoms with Crippen molar-refractivity contribution in [1.29, 1.82) is 0 Å². The average molecular weight is 376 g/mol. The SMILES string of the molecule is Cc1ccc2nc(NCCO)c(/C=C3/SC(=S)N(C)C3=O)c(=O)n2c1. The number of nitrogens with zero attached hydrogens (tertiary/aromatic N) is 3. The van der Waals surface area contributed by atoms with E-state index in [-0.39, 0.29) is 30.2 Å². The molecule has 1 aliphatic heterocycles. The highest BCUT2D eigenvalue weighted by molar-refractivity contribution is 8.26. The van der Waals surface area contributed by atoms with Crippen LogP contribution < -0.4 is 10.9 Å². The van der Waals surface area contributed by atoms with Gasteiger partial charge in [-0.1, -0.05) is 30.0 Å². The van der Waals surface area contributed by atoms with E-state index in [1.807, 2.05) is 13.0 Å². The third kappa shape index (κ3) is 3.30. The number of thiocarbonyl (C=S) groups is 1.